The van der Waals surface area contributed by atoms with Crippen LogP contribution in [0.4, 0.5) is 0 Å². The number of nitrogens with zero attached hydrogens (tertiary/aromatic N) is 1. The highest BCUT2D eigenvalue weighted by Gasteiger charge is 2.35. The Balaban J connectivity index is 2.07. The number of aliphatic hydroxyl groups is 1. The highest BCUT2D eigenvalue weighted by Crippen LogP contribution is 2.30. The Morgan fingerprint density at radius 2 is 2.00 bits per heavy atom. The van der Waals surface area contributed by atoms with Crippen molar-refractivity contribution in [2.24, 2.45) is 5.41 Å². The molecular weight excluding hydrogens is 212 g/mol. The minimum atomic E-state index is 0.315. The van der Waals surface area contributed by atoms with E-state index in [2.05, 4.69) is 24.1 Å². The maximum Gasteiger partial charge on any atom is 0.0446 e. The van der Waals surface area contributed by atoms with Gasteiger partial charge < -0.3 is 10.4 Å². The summed E-state index contributed by atoms with van der Waals surface area (Å²) < 4.78 is 0. The first kappa shape index (κ1) is 13.3. The molecule has 1 aliphatic carbocycles. The topological polar surface area (TPSA) is 35.5 Å². The van der Waals surface area contributed by atoms with Crippen molar-refractivity contribution in [1.29, 1.82) is 0 Å². The van der Waals surface area contributed by atoms with E-state index < -0.39 is 0 Å². The fourth-order valence-electron chi connectivity index (χ4n) is 3.45. The number of hydrogen-bond acceptors (Lipinski definition) is 3. The average Bonchev–Trinajstić information content (AvgIpc) is 2.73. The van der Waals surface area contributed by atoms with Crippen LogP contribution in [0.1, 0.15) is 46.0 Å². The van der Waals surface area contributed by atoms with Gasteiger partial charge in [-0.05, 0) is 24.7 Å². The van der Waals surface area contributed by atoms with Gasteiger partial charge in [-0.1, -0.05) is 26.7 Å². The molecule has 3 nitrogen and oxygen atoms in total. The summed E-state index contributed by atoms with van der Waals surface area (Å²) in [5.74, 6) is 0. The van der Waals surface area contributed by atoms with Gasteiger partial charge in [0.05, 0.1) is 0 Å². The molecule has 0 radical (unpaired) electrons. The van der Waals surface area contributed by atoms with Gasteiger partial charge in [-0.2, -0.15) is 0 Å². The Morgan fingerprint density at radius 1 is 1.29 bits per heavy atom. The molecule has 1 heterocycles. The fourth-order valence-corrected chi connectivity index (χ4v) is 3.45. The molecule has 1 atom stereocenters. The molecule has 2 fully saturated rings. The lowest BCUT2D eigenvalue weighted by molar-refractivity contribution is 0.0894. The second kappa shape index (κ2) is 5.68. The molecule has 1 saturated carbocycles. The first-order chi connectivity index (χ1) is 8.12. The van der Waals surface area contributed by atoms with Crippen LogP contribution >= 0.6 is 0 Å². The first-order valence-electron chi connectivity index (χ1n) is 7.20. The monoisotopic (exact) mass is 240 g/mol. The largest absolute Gasteiger partial charge is 0.396 e. The van der Waals surface area contributed by atoms with E-state index in [-0.39, 0.29) is 0 Å². The zero-order chi connectivity index (χ0) is 12.3. The van der Waals surface area contributed by atoms with E-state index in [1.54, 1.807) is 0 Å². The number of hydrogen-bond donors (Lipinski definition) is 2. The molecular formula is C14H28N2O. The summed E-state index contributed by atoms with van der Waals surface area (Å²) in [4.78, 5) is 2.70. The summed E-state index contributed by atoms with van der Waals surface area (Å²) >= 11 is 0. The zero-order valence-corrected chi connectivity index (χ0v) is 11.4. The minimum Gasteiger partial charge on any atom is -0.396 e. The molecule has 3 heteroatoms. The average molecular weight is 240 g/mol. The lowest BCUT2D eigenvalue weighted by Gasteiger charge is -2.38. The van der Waals surface area contributed by atoms with Crippen LogP contribution in [0.2, 0.25) is 0 Å². The third-order valence-electron chi connectivity index (χ3n) is 4.32. The van der Waals surface area contributed by atoms with Crippen molar-refractivity contribution >= 4 is 0 Å². The second-order valence-corrected chi connectivity index (χ2v) is 6.57. The summed E-state index contributed by atoms with van der Waals surface area (Å²) in [6.45, 7) is 8.33. The maximum absolute atomic E-state index is 9.25. The third kappa shape index (κ3) is 3.43. The lowest BCUT2D eigenvalue weighted by atomic mass is 9.92. The van der Waals surface area contributed by atoms with Crippen molar-refractivity contribution in [2.45, 2.75) is 58.0 Å². The summed E-state index contributed by atoms with van der Waals surface area (Å²) in [6.07, 6.45) is 6.41. The molecule has 0 aromatic heterocycles. The number of aliphatic hydroxyl groups excluding tert-OH is 1. The Labute approximate surface area is 106 Å². The van der Waals surface area contributed by atoms with Crippen LogP contribution in [0.25, 0.3) is 0 Å². The minimum absolute atomic E-state index is 0.315. The van der Waals surface area contributed by atoms with E-state index in [4.69, 9.17) is 0 Å². The normalized spacial score (nSPS) is 31.6. The molecule has 17 heavy (non-hydrogen) atoms. The van der Waals surface area contributed by atoms with Gasteiger partial charge in [0.15, 0.2) is 0 Å². The first-order valence-corrected chi connectivity index (χ1v) is 7.20. The van der Waals surface area contributed by atoms with Crippen molar-refractivity contribution in [3.8, 4) is 0 Å². The quantitative estimate of drug-likeness (QED) is 0.787. The fraction of sp³-hybridized carbons (Fsp3) is 1.00. The molecule has 2 aliphatic rings. The van der Waals surface area contributed by atoms with E-state index in [1.165, 1.54) is 32.2 Å². The van der Waals surface area contributed by atoms with Gasteiger partial charge >= 0.3 is 0 Å². The second-order valence-electron chi connectivity index (χ2n) is 6.57. The van der Waals surface area contributed by atoms with Crippen LogP contribution in [-0.2, 0) is 0 Å². The van der Waals surface area contributed by atoms with Crippen molar-refractivity contribution in [1.82, 2.24) is 10.2 Å². The van der Waals surface area contributed by atoms with Crippen LogP contribution in [-0.4, -0.2) is 48.3 Å². The Kier molecular flexibility index (Phi) is 4.45. The molecule has 0 spiro atoms. The standard InChI is InChI=1S/C14H28N2O/c1-14(2)10-15-9-13(7-8-17)16(11-14)12-5-3-4-6-12/h12-13,15,17H,3-11H2,1-2H3. The molecule has 2 rings (SSSR count). The predicted molar refractivity (Wildman–Crippen MR) is 71.1 cm³/mol. The van der Waals surface area contributed by atoms with E-state index >= 15 is 0 Å². The Morgan fingerprint density at radius 3 is 2.65 bits per heavy atom. The molecule has 0 bridgehead atoms. The van der Waals surface area contributed by atoms with Gasteiger partial charge in [0.1, 0.15) is 0 Å². The van der Waals surface area contributed by atoms with Crippen LogP contribution in [0.5, 0.6) is 0 Å². The van der Waals surface area contributed by atoms with Gasteiger partial charge in [0, 0.05) is 38.3 Å². The number of nitrogens with one attached hydrogen (secondary N) is 1. The van der Waals surface area contributed by atoms with Crippen molar-refractivity contribution in [3.05, 3.63) is 0 Å². The summed E-state index contributed by atoms with van der Waals surface area (Å²) in [6, 6.07) is 1.30. The predicted octanol–water partition coefficient (Wildman–Crippen LogP) is 1.61. The van der Waals surface area contributed by atoms with Crippen molar-refractivity contribution in [2.75, 3.05) is 26.2 Å². The smallest absolute Gasteiger partial charge is 0.0446 e. The summed E-state index contributed by atoms with van der Waals surface area (Å²) in [5.41, 5.74) is 0.354. The van der Waals surface area contributed by atoms with Crippen molar-refractivity contribution in [3.63, 3.8) is 0 Å². The van der Waals surface area contributed by atoms with Gasteiger partial charge in [-0.25, -0.2) is 0 Å². The van der Waals surface area contributed by atoms with Gasteiger partial charge in [-0.15, -0.1) is 0 Å². The van der Waals surface area contributed by atoms with Crippen LogP contribution in [0.3, 0.4) is 0 Å². The zero-order valence-electron chi connectivity index (χ0n) is 11.4. The van der Waals surface area contributed by atoms with Crippen molar-refractivity contribution < 1.29 is 5.11 Å². The SMILES string of the molecule is CC1(C)CNCC(CCO)N(C2CCCC2)C1. The molecule has 0 amide bonds. The van der Waals surface area contributed by atoms with Gasteiger partial charge in [0.25, 0.3) is 0 Å². The molecule has 0 aromatic rings. The molecule has 1 aliphatic heterocycles. The molecule has 0 aromatic carbocycles. The maximum atomic E-state index is 9.25. The third-order valence-corrected chi connectivity index (χ3v) is 4.32. The Bertz CT molecular complexity index is 236. The summed E-state index contributed by atoms with van der Waals surface area (Å²) in [7, 11) is 0. The van der Waals surface area contributed by atoms with E-state index in [9.17, 15) is 5.11 Å². The van der Waals surface area contributed by atoms with Gasteiger partial charge in [0.2, 0.25) is 0 Å². The van der Waals surface area contributed by atoms with E-state index in [0.717, 1.165) is 25.6 Å². The molecule has 2 N–H and O–H groups in total. The van der Waals surface area contributed by atoms with E-state index in [0.29, 0.717) is 18.1 Å². The molecule has 1 unspecified atom stereocenters. The van der Waals surface area contributed by atoms with Crippen LogP contribution in [0.15, 0.2) is 0 Å². The summed E-state index contributed by atoms with van der Waals surface area (Å²) in [5, 5.41) is 12.8. The highest BCUT2D eigenvalue weighted by molar-refractivity contribution is 4.91. The molecule has 1 saturated heterocycles. The van der Waals surface area contributed by atoms with Crippen LogP contribution in [0, 0.1) is 5.41 Å². The van der Waals surface area contributed by atoms with Crippen LogP contribution < -0.4 is 5.32 Å². The van der Waals surface area contributed by atoms with E-state index in [1.807, 2.05) is 0 Å². The number of rotatable bonds is 3. The highest BCUT2D eigenvalue weighted by atomic mass is 16.3. The Hall–Kier alpha value is -0.120. The molecule has 100 valence electrons. The van der Waals surface area contributed by atoms with Gasteiger partial charge in [-0.3, -0.25) is 4.90 Å². The lowest BCUT2D eigenvalue weighted by Crippen LogP contribution is -2.47.